The van der Waals surface area contributed by atoms with Crippen molar-refractivity contribution in [3.8, 4) is 0 Å². The minimum absolute atomic E-state index is 0.0537. The first kappa shape index (κ1) is 14.3. The van der Waals surface area contributed by atoms with Crippen LogP contribution in [-0.2, 0) is 0 Å². The maximum atomic E-state index is 12.2. The number of carbonyl (C=O) groups is 1. The highest BCUT2D eigenvalue weighted by atomic mass is 16.1. The van der Waals surface area contributed by atoms with Crippen LogP contribution in [0.25, 0.3) is 0 Å². The number of nitrogens with zero attached hydrogens (tertiary/aromatic N) is 2. The van der Waals surface area contributed by atoms with E-state index in [0.717, 1.165) is 18.9 Å². The smallest absolute Gasteiger partial charge is 0.251 e. The van der Waals surface area contributed by atoms with Crippen LogP contribution in [0.4, 0.5) is 5.82 Å². The normalized spacial score (nSPS) is 23.1. The van der Waals surface area contributed by atoms with Gasteiger partial charge in [0.2, 0.25) is 0 Å². The summed E-state index contributed by atoms with van der Waals surface area (Å²) < 4.78 is 0. The van der Waals surface area contributed by atoms with Crippen molar-refractivity contribution in [3.63, 3.8) is 0 Å². The van der Waals surface area contributed by atoms with Crippen molar-refractivity contribution in [1.29, 1.82) is 0 Å². The molecule has 1 saturated carbocycles. The first-order valence-corrected chi connectivity index (χ1v) is 7.88. The summed E-state index contributed by atoms with van der Waals surface area (Å²) in [5.74, 6) is 2.14. The van der Waals surface area contributed by atoms with Crippen LogP contribution in [0.1, 0.15) is 36.5 Å². The Balaban J connectivity index is 1.60. The Morgan fingerprint density at radius 2 is 2.33 bits per heavy atom. The molecule has 1 aromatic rings. The maximum absolute atomic E-state index is 12.2. The van der Waals surface area contributed by atoms with Crippen LogP contribution in [0, 0.1) is 11.8 Å². The molecule has 1 aliphatic carbocycles. The highest BCUT2D eigenvalue weighted by Gasteiger charge is 2.28. The first-order valence-electron chi connectivity index (χ1n) is 7.88. The van der Waals surface area contributed by atoms with Gasteiger partial charge in [0, 0.05) is 37.4 Å². The average Bonchev–Trinajstić information content (AvgIpc) is 3.26. The van der Waals surface area contributed by atoms with E-state index >= 15 is 0 Å². The lowest BCUT2D eigenvalue weighted by Crippen LogP contribution is -2.38. The van der Waals surface area contributed by atoms with Gasteiger partial charge in [0.25, 0.3) is 5.91 Å². The number of carbonyl (C=O) groups excluding carboxylic acids is 1. The molecule has 5 nitrogen and oxygen atoms in total. The summed E-state index contributed by atoms with van der Waals surface area (Å²) in [6.45, 7) is 4.84. The number of nitrogens with two attached hydrogens (primary N) is 1. The van der Waals surface area contributed by atoms with E-state index in [2.05, 4.69) is 22.1 Å². The van der Waals surface area contributed by atoms with E-state index in [1.165, 1.54) is 19.3 Å². The molecule has 5 heteroatoms. The minimum atomic E-state index is -0.0537. The van der Waals surface area contributed by atoms with Gasteiger partial charge in [0.05, 0.1) is 0 Å². The number of nitrogens with one attached hydrogen (secondary N) is 1. The Bertz CT molecular complexity index is 515. The van der Waals surface area contributed by atoms with Crippen molar-refractivity contribution >= 4 is 11.7 Å². The third-order valence-corrected chi connectivity index (χ3v) is 4.48. The summed E-state index contributed by atoms with van der Waals surface area (Å²) in [7, 11) is 0. The van der Waals surface area contributed by atoms with Crippen molar-refractivity contribution in [2.75, 3.05) is 24.5 Å². The van der Waals surface area contributed by atoms with Crippen molar-refractivity contribution in [1.82, 2.24) is 10.3 Å². The Kier molecular flexibility index (Phi) is 4.10. The topological polar surface area (TPSA) is 71.2 Å². The summed E-state index contributed by atoms with van der Waals surface area (Å²) >= 11 is 0. The minimum Gasteiger partial charge on any atom is -0.356 e. The van der Waals surface area contributed by atoms with Gasteiger partial charge in [0.1, 0.15) is 5.82 Å². The molecular formula is C16H24N4O. The predicted octanol–water partition coefficient (Wildman–Crippen LogP) is 1.39. The van der Waals surface area contributed by atoms with Crippen molar-refractivity contribution < 1.29 is 4.79 Å². The fraction of sp³-hybridized carbons (Fsp3) is 0.625. The molecule has 0 bridgehead atoms. The van der Waals surface area contributed by atoms with Crippen LogP contribution >= 0.6 is 0 Å². The summed E-state index contributed by atoms with van der Waals surface area (Å²) in [5.41, 5.74) is 6.68. The summed E-state index contributed by atoms with van der Waals surface area (Å²) in [6.07, 6.45) is 5.30. The van der Waals surface area contributed by atoms with E-state index in [9.17, 15) is 4.79 Å². The van der Waals surface area contributed by atoms with Crippen molar-refractivity contribution in [2.24, 2.45) is 17.6 Å². The van der Waals surface area contributed by atoms with Gasteiger partial charge < -0.3 is 16.0 Å². The third-order valence-electron chi connectivity index (χ3n) is 4.48. The quantitative estimate of drug-likeness (QED) is 0.859. The SMILES string of the molecule is CC1CCN(c2cc(C(=O)NCC(N)C3CC3)ccn2)C1. The van der Waals surface area contributed by atoms with E-state index in [0.29, 0.717) is 23.9 Å². The lowest BCUT2D eigenvalue weighted by atomic mass is 10.2. The number of anilines is 1. The Morgan fingerprint density at radius 1 is 1.52 bits per heavy atom. The standard InChI is InChI=1S/C16H24N4O/c1-11-5-7-20(10-11)15-8-13(4-6-18-15)16(21)19-9-14(17)12-2-3-12/h4,6,8,11-12,14H,2-3,5,7,9-10,17H2,1H3,(H,19,21). The molecule has 1 amide bonds. The van der Waals surface area contributed by atoms with Gasteiger partial charge in [-0.2, -0.15) is 0 Å². The molecule has 2 fully saturated rings. The van der Waals surface area contributed by atoms with Gasteiger partial charge in [-0.25, -0.2) is 4.98 Å². The van der Waals surface area contributed by atoms with E-state index in [1.54, 1.807) is 12.3 Å². The second-order valence-corrected chi connectivity index (χ2v) is 6.45. The molecule has 0 spiro atoms. The molecule has 2 atom stereocenters. The number of rotatable bonds is 5. The van der Waals surface area contributed by atoms with Crippen LogP contribution in [0.5, 0.6) is 0 Å². The number of aromatic nitrogens is 1. The van der Waals surface area contributed by atoms with Crippen LogP contribution in [0.3, 0.4) is 0 Å². The molecule has 0 radical (unpaired) electrons. The van der Waals surface area contributed by atoms with Gasteiger partial charge in [-0.3, -0.25) is 4.79 Å². The van der Waals surface area contributed by atoms with E-state index in [1.807, 2.05) is 6.07 Å². The van der Waals surface area contributed by atoms with Gasteiger partial charge in [-0.15, -0.1) is 0 Å². The second-order valence-electron chi connectivity index (χ2n) is 6.45. The Morgan fingerprint density at radius 3 is 3.00 bits per heavy atom. The zero-order valence-electron chi connectivity index (χ0n) is 12.6. The Labute approximate surface area is 125 Å². The summed E-state index contributed by atoms with van der Waals surface area (Å²) in [6, 6.07) is 3.74. The second kappa shape index (κ2) is 6.02. The number of hydrogen-bond acceptors (Lipinski definition) is 4. The van der Waals surface area contributed by atoms with E-state index < -0.39 is 0 Å². The van der Waals surface area contributed by atoms with Gasteiger partial charge >= 0.3 is 0 Å². The van der Waals surface area contributed by atoms with Crippen LogP contribution in [-0.4, -0.2) is 36.6 Å². The fourth-order valence-electron chi connectivity index (χ4n) is 2.88. The predicted molar refractivity (Wildman–Crippen MR) is 83.3 cm³/mol. The molecule has 3 N–H and O–H groups in total. The molecule has 1 saturated heterocycles. The van der Waals surface area contributed by atoms with E-state index in [4.69, 9.17) is 5.73 Å². The van der Waals surface area contributed by atoms with Crippen LogP contribution < -0.4 is 16.0 Å². The largest absolute Gasteiger partial charge is 0.356 e. The molecule has 1 aliphatic heterocycles. The highest BCUT2D eigenvalue weighted by molar-refractivity contribution is 5.94. The van der Waals surface area contributed by atoms with Crippen LogP contribution in [0.15, 0.2) is 18.3 Å². The molecular weight excluding hydrogens is 264 g/mol. The zero-order chi connectivity index (χ0) is 14.8. The highest BCUT2D eigenvalue weighted by Crippen LogP contribution is 2.31. The average molecular weight is 288 g/mol. The van der Waals surface area contributed by atoms with Crippen molar-refractivity contribution in [2.45, 2.75) is 32.2 Å². The summed E-state index contributed by atoms with van der Waals surface area (Å²) in [5, 5.41) is 2.94. The van der Waals surface area contributed by atoms with Gasteiger partial charge in [0.15, 0.2) is 0 Å². The fourth-order valence-corrected chi connectivity index (χ4v) is 2.88. The third kappa shape index (κ3) is 3.53. The van der Waals surface area contributed by atoms with Gasteiger partial charge in [-0.1, -0.05) is 6.92 Å². The monoisotopic (exact) mass is 288 g/mol. The first-order chi connectivity index (χ1) is 10.1. The number of pyridine rings is 1. The molecule has 0 aromatic carbocycles. The Hall–Kier alpha value is -1.62. The zero-order valence-corrected chi connectivity index (χ0v) is 12.6. The lowest BCUT2D eigenvalue weighted by molar-refractivity contribution is 0.0950. The summed E-state index contributed by atoms with van der Waals surface area (Å²) in [4.78, 5) is 18.9. The maximum Gasteiger partial charge on any atom is 0.251 e. The van der Waals surface area contributed by atoms with Crippen molar-refractivity contribution in [3.05, 3.63) is 23.9 Å². The van der Waals surface area contributed by atoms with Gasteiger partial charge in [-0.05, 0) is 43.2 Å². The molecule has 2 aliphatic rings. The molecule has 2 heterocycles. The number of amides is 1. The van der Waals surface area contributed by atoms with Crippen LogP contribution in [0.2, 0.25) is 0 Å². The lowest BCUT2D eigenvalue weighted by Gasteiger charge is -2.17. The molecule has 21 heavy (non-hydrogen) atoms. The molecule has 1 aromatic heterocycles. The molecule has 2 unspecified atom stereocenters. The number of hydrogen-bond donors (Lipinski definition) is 2. The molecule has 3 rings (SSSR count). The van der Waals surface area contributed by atoms with E-state index in [-0.39, 0.29) is 11.9 Å². The molecule has 114 valence electrons.